The third-order valence-electron chi connectivity index (χ3n) is 2.92. The SMILES string of the molecule is [2H]C([2H])([2H])OC1(O)C(=O)OC(C2COC(C)(C)O2)C1(O)O. The number of ether oxygens (including phenoxy) is 4. The van der Waals surface area contributed by atoms with Crippen molar-refractivity contribution in [1.82, 2.24) is 0 Å². The van der Waals surface area contributed by atoms with Crippen LogP contribution in [0, 0.1) is 0 Å². The van der Waals surface area contributed by atoms with Crippen LogP contribution in [-0.2, 0) is 23.7 Å². The summed E-state index contributed by atoms with van der Waals surface area (Å²) in [6.45, 7) is 2.94. The van der Waals surface area contributed by atoms with E-state index in [9.17, 15) is 20.1 Å². The summed E-state index contributed by atoms with van der Waals surface area (Å²) in [7, 11) is -3.26. The van der Waals surface area contributed by atoms with Gasteiger partial charge in [-0.05, 0) is 13.8 Å². The molecule has 0 aromatic carbocycles. The Bertz CT molecular complexity index is 448. The molecule has 0 aliphatic carbocycles. The second-order valence-corrected chi connectivity index (χ2v) is 4.67. The number of methoxy groups -OCH3 is 1. The maximum absolute atomic E-state index is 11.7. The number of cyclic esters (lactones) is 1. The fourth-order valence-electron chi connectivity index (χ4n) is 1.94. The zero-order valence-corrected chi connectivity index (χ0v) is 9.74. The van der Waals surface area contributed by atoms with Crippen molar-refractivity contribution in [3.05, 3.63) is 0 Å². The Kier molecular flexibility index (Phi) is 2.16. The molecule has 2 fully saturated rings. The Morgan fingerprint density at radius 2 is 2.11 bits per heavy atom. The molecule has 0 spiro atoms. The van der Waals surface area contributed by atoms with Crippen LogP contribution in [0.15, 0.2) is 0 Å². The molecule has 0 amide bonds. The van der Waals surface area contributed by atoms with E-state index in [0.717, 1.165) is 0 Å². The lowest BCUT2D eigenvalue weighted by molar-refractivity contribution is -0.346. The van der Waals surface area contributed by atoms with Crippen molar-refractivity contribution in [3.8, 4) is 0 Å². The van der Waals surface area contributed by atoms with Gasteiger partial charge in [-0.25, -0.2) is 4.79 Å². The Morgan fingerprint density at radius 1 is 1.44 bits per heavy atom. The maximum atomic E-state index is 11.7. The summed E-state index contributed by atoms with van der Waals surface area (Å²) in [4.78, 5) is 11.7. The van der Waals surface area contributed by atoms with Crippen molar-refractivity contribution >= 4 is 5.97 Å². The second-order valence-electron chi connectivity index (χ2n) is 4.67. The van der Waals surface area contributed by atoms with Gasteiger partial charge < -0.3 is 34.3 Å². The van der Waals surface area contributed by atoms with Gasteiger partial charge in [0, 0.05) is 7.04 Å². The molecule has 8 heteroatoms. The summed E-state index contributed by atoms with van der Waals surface area (Å²) in [5, 5.41) is 29.9. The van der Waals surface area contributed by atoms with Crippen molar-refractivity contribution in [1.29, 1.82) is 0 Å². The molecule has 2 heterocycles. The zero-order chi connectivity index (χ0) is 16.3. The number of esters is 1. The molecule has 0 radical (unpaired) electrons. The van der Waals surface area contributed by atoms with Crippen LogP contribution >= 0.6 is 0 Å². The highest BCUT2D eigenvalue weighted by Crippen LogP contribution is 2.40. The van der Waals surface area contributed by atoms with E-state index in [4.69, 9.17) is 13.6 Å². The lowest BCUT2D eigenvalue weighted by Gasteiger charge is -2.31. The lowest BCUT2D eigenvalue weighted by atomic mass is 9.99. The number of carbonyl (C=O) groups is 1. The van der Waals surface area contributed by atoms with Gasteiger partial charge in [0.05, 0.1) is 10.7 Å². The minimum absolute atomic E-state index is 0.155. The molecule has 104 valence electrons. The van der Waals surface area contributed by atoms with Gasteiger partial charge in [-0.15, -0.1) is 0 Å². The average molecular weight is 267 g/mol. The zero-order valence-electron chi connectivity index (χ0n) is 12.7. The number of rotatable bonds is 2. The standard InChI is InChI=1S/C10H16O8/c1-8(2)16-4-5(18-8)6-9(12,13)10(14,15-3)7(11)17-6/h5-6,12-14H,4H2,1-3H3/i3D3. The first kappa shape index (κ1) is 10.1. The van der Waals surface area contributed by atoms with Gasteiger partial charge in [0.15, 0.2) is 11.9 Å². The molecule has 8 nitrogen and oxygen atoms in total. The molecule has 2 aliphatic heterocycles. The molecule has 2 aliphatic rings. The summed E-state index contributed by atoms with van der Waals surface area (Å²) >= 11 is 0. The smallest absolute Gasteiger partial charge is 0.373 e. The molecule has 0 bridgehead atoms. The Hall–Kier alpha value is -0.770. The van der Waals surface area contributed by atoms with Crippen LogP contribution in [0.4, 0.5) is 0 Å². The van der Waals surface area contributed by atoms with E-state index < -0.39 is 42.6 Å². The maximum Gasteiger partial charge on any atom is 0.373 e. The molecular formula is C10H16O8. The van der Waals surface area contributed by atoms with E-state index in [-0.39, 0.29) is 6.61 Å². The fraction of sp³-hybridized carbons (Fsp3) is 0.900. The fourth-order valence-corrected chi connectivity index (χ4v) is 1.94. The van der Waals surface area contributed by atoms with Crippen LogP contribution < -0.4 is 0 Å². The van der Waals surface area contributed by atoms with Crippen LogP contribution in [-0.4, -0.2) is 64.5 Å². The van der Waals surface area contributed by atoms with Crippen molar-refractivity contribution in [2.75, 3.05) is 13.6 Å². The van der Waals surface area contributed by atoms with Crippen LogP contribution in [0.2, 0.25) is 0 Å². The van der Waals surface area contributed by atoms with Gasteiger partial charge in [-0.2, -0.15) is 0 Å². The summed E-state index contributed by atoms with van der Waals surface area (Å²) in [6.07, 6.45) is -2.90. The van der Waals surface area contributed by atoms with Crippen LogP contribution in [0.3, 0.4) is 0 Å². The van der Waals surface area contributed by atoms with E-state index in [2.05, 4.69) is 9.47 Å². The highest BCUT2D eigenvalue weighted by atomic mass is 16.8. The van der Waals surface area contributed by atoms with Crippen LogP contribution in [0.1, 0.15) is 18.0 Å². The molecule has 2 saturated heterocycles. The van der Waals surface area contributed by atoms with Crippen LogP contribution in [0.25, 0.3) is 0 Å². The van der Waals surface area contributed by atoms with E-state index >= 15 is 0 Å². The number of hydrogen-bond donors (Lipinski definition) is 3. The first-order valence-electron chi connectivity index (χ1n) is 6.69. The predicted octanol–water partition coefficient (Wildman–Crippen LogP) is -1.92. The Labute approximate surface area is 107 Å². The first-order chi connectivity index (χ1) is 9.29. The third-order valence-corrected chi connectivity index (χ3v) is 2.92. The van der Waals surface area contributed by atoms with Gasteiger partial charge in [0.1, 0.15) is 6.10 Å². The molecule has 3 atom stereocenters. The minimum atomic E-state index is -3.46. The third kappa shape index (κ3) is 1.73. The normalized spacial score (nSPS) is 45.2. The van der Waals surface area contributed by atoms with Crippen molar-refractivity contribution in [2.24, 2.45) is 0 Å². The summed E-state index contributed by atoms with van der Waals surface area (Å²) < 4.78 is 40.0. The monoisotopic (exact) mass is 267 g/mol. The van der Waals surface area contributed by atoms with Crippen molar-refractivity contribution < 1.29 is 43.2 Å². The lowest BCUT2D eigenvalue weighted by Crippen LogP contribution is -2.61. The topological polar surface area (TPSA) is 115 Å². The number of carbonyl (C=O) groups excluding carboxylic acids is 1. The summed E-state index contributed by atoms with van der Waals surface area (Å²) in [6, 6.07) is 0. The minimum Gasteiger partial charge on any atom is -0.449 e. The van der Waals surface area contributed by atoms with E-state index in [1.165, 1.54) is 0 Å². The molecule has 3 N–H and O–H groups in total. The molecule has 3 unspecified atom stereocenters. The average Bonchev–Trinajstić information content (AvgIpc) is 2.69. The number of hydrogen-bond acceptors (Lipinski definition) is 8. The Morgan fingerprint density at radius 3 is 2.61 bits per heavy atom. The predicted molar refractivity (Wildman–Crippen MR) is 53.9 cm³/mol. The Balaban J connectivity index is 2.27. The largest absolute Gasteiger partial charge is 0.449 e. The van der Waals surface area contributed by atoms with Gasteiger partial charge in [-0.3, -0.25) is 0 Å². The quantitative estimate of drug-likeness (QED) is 0.392. The van der Waals surface area contributed by atoms with Crippen molar-refractivity contribution in [2.45, 2.75) is 43.4 Å². The summed E-state index contributed by atoms with van der Waals surface area (Å²) in [5.74, 6) is -9.48. The highest BCUT2D eigenvalue weighted by Gasteiger charge is 2.71. The second kappa shape index (κ2) is 3.86. The molecular weight excluding hydrogens is 248 g/mol. The van der Waals surface area contributed by atoms with Gasteiger partial charge in [0.25, 0.3) is 5.79 Å². The number of aliphatic hydroxyl groups is 3. The first-order valence-corrected chi connectivity index (χ1v) is 5.19. The van der Waals surface area contributed by atoms with E-state index in [1.54, 1.807) is 13.8 Å². The van der Waals surface area contributed by atoms with Gasteiger partial charge >= 0.3 is 11.8 Å². The van der Waals surface area contributed by atoms with E-state index in [0.29, 0.717) is 0 Å². The van der Waals surface area contributed by atoms with Crippen molar-refractivity contribution in [3.63, 3.8) is 0 Å². The van der Waals surface area contributed by atoms with E-state index in [1.807, 2.05) is 0 Å². The highest BCUT2D eigenvalue weighted by molar-refractivity contribution is 5.81. The molecule has 0 saturated carbocycles. The molecule has 18 heavy (non-hydrogen) atoms. The van der Waals surface area contributed by atoms with Crippen LogP contribution in [0.5, 0.6) is 0 Å². The molecule has 2 rings (SSSR count). The molecule has 0 aromatic heterocycles. The molecule has 0 aromatic rings. The summed E-state index contributed by atoms with van der Waals surface area (Å²) in [5.41, 5.74) is 0. The van der Waals surface area contributed by atoms with Gasteiger partial charge in [-0.1, -0.05) is 0 Å². The van der Waals surface area contributed by atoms with Gasteiger partial charge in [0.2, 0.25) is 0 Å².